The minimum atomic E-state index is -0.398. The molecule has 1 aliphatic heterocycles. The second kappa shape index (κ2) is 10.3. The summed E-state index contributed by atoms with van der Waals surface area (Å²) < 4.78 is 11.8. The van der Waals surface area contributed by atoms with Crippen LogP contribution >= 0.6 is 0 Å². The molecule has 1 aliphatic rings. The van der Waals surface area contributed by atoms with E-state index in [-0.39, 0.29) is 18.3 Å². The molecule has 1 heterocycles. The summed E-state index contributed by atoms with van der Waals surface area (Å²) in [6, 6.07) is 25.3. The van der Waals surface area contributed by atoms with Crippen molar-refractivity contribution in [1.29, 1.82) is 0 Å². The molecule has 0 radical (unpaired) electrons. The minimum Gasteiger partial charge on any atom is -0.466 e. The summed E-state index contributed by atoms with van der Waals surface area (Å²) in [6.07, 6.45) is 2.42. The Bertz CT molecular complexity index is 1250. The second-order valence-electron chi connectivity index (χ2n) is 8.55. The summed E-state index contributed by atoms with van der Waals surface area (Å²) in [6.45, 7) is 5.54. The van der Waals surface area contributed by atoms with Crippen LogP contribution in [0.1, 0.15) is 52.4 Å². The maximum Gasteiger partial charge on any atom is 0.338 e. The number of ether oxygens (including phenoxy) is 2. The standard InChI is InChI=1S/C30H28O4/c1-20-14-15-25(27(16-20)21(2)31)17-26-18-28(24-12-8-5-9-13-24)29(22(3)34-26)30(32)33-19-23-10-6-4-7-11-23/h4-16,18,28H,17,19H2,1-3H3. The van der Waals surface area contributed by atoms with Gasteiger partial charge in [0.1, 0.15) is 18.1 Å². The normalized spacial score (nSPS) is 15.4. The number of allylic oxidation sites excluding steroid dienone is 3. The predicted molar refractivity (Wildman–Crippen MR) is 132 cm³/mol. The van der Waals surface area contributed by atoms with Gasteiger partial charge in [-0.05, 0) is 49.6 Å². The highest BCUT2D eigenvalue weighted by molar-refractivity contribution is 5.96. The Morgan fingerprint density at radius 3 is 2.26 bits per heavy atom. The Balaban J connectivity index is 1.63. The molecule has 0 fully saturated rings. The van der Waals surface area contributed by atoms with Crippen molar-refractivity contribution in [2.45, 2.75) is 39.7 Å². The Morgan fingerprint density at radius 1 is 0.912 bits per heavy atom. The smallest absolute Gasteiger partial charge is 0.338 e. The molecule has 172 valence electrons. The summed E-state index contributed by atoms with van der Waals surface area (Å²) in [5.74, 6) is 0.537. The Kier molecular flexibility index (Phi) is 7.07. The van der Waals surface area contributed by atoms with Gasteiger partial charge >= 0.3 is 5.97 Å². The van der Waals surface area contributed by atoms with E-state index in [0.29, 0.717) is 29.1 Å². The van der Waals surface area contributed by atoms with Crippen LogP contribution in [0, 0.1) is 6.92 Å². The fraction of sp³-hybridized carbons (Fsp3) is 0.200. The molecule has 0 aliphatic carbocycles. The van der Waals surface area contributed by atoms with Crippen molar-refractivity contribution in [3.8, 4) is 0 Å². The molecule has 0 aromatic heterocycles. The van der Waals surface area contributed by atoms with Crippen LogP contribution in [-0.4, -0.2) is 11.8 Å². The molecule has 0 N–H and O–H groups in total. The van der Waals surface area contributed by atoms with E-state index in [2.05, 4.69) is 0 Å². The molecule has 3 aromatic rings. The van der Waals surface area contributed by atoms with Crippen molar-refractivity contribution < 1.29 is 19.1 Å². The number of rotatable bonds is 7. The van der Waals surface area contributed by atoms with E-state index in [9.17, 15) is 9.59 Å². The third kappa shape index (κ3) is 5.34. The fourth-order valence-corrected chi connectivity index (χ4v) is 4.22. The first kappa shape index (κ1) is 23.2. The predicted octanol–water partition coefficient (Wildman–Crippen LogP) is 6.46. The van der Waals surface area contributed by atoms with Crippen molar-refractivity contribution in [2.75, 3.05) is 0 Å². The number of esters is 1. The molecule has 34 heavy (non-hydrogen) atoms. The van der Waals surface area contributed by atoms with Crippen molar-refractivity contribution in [3.05, 3.63) is 130 Å². The van der Waals surface area contributed by atoms with Crippen LogP contribution in [0.4, 0.5) is 0 Å². The van der Waals surface area contributed by atoms with Crippen LogP contribution < -0.4 is 0 Å². The van der Waals surface area contributed by atoms with Crippen LogP contribution in [0.25, 0.3) is 0 Å². The second-order valence-corrected chi connectivity index (χ2v) is 8.55. The number of Topliss-reactive ketones (excluding diaryl/α,β-unsaturated/α-hetero) is 1. The molecule has 0 amide bonds. The van der Waals surface area contributed by atoms with Gasteiger partial charge < -0.3 is 9.47 Å². The van der Waals surface area contributed by atoms with Crippen LogP contribution in [-0.2, 0) is 27.3 Å². The number of benzene rings is 3. The molecule has 4 nitrogen and oxygen atoms in total. The van der Waals surface area contributed by atoms with Gasteiger partial charge in [-0.15, -0.1) is 0 Å². The molecule has 3 aromatic carbocycles. The highest BCUT2D eigenvalue weighted by Crippen LogP contribution is 2.36. The molecule has 1 atom stereocenters. The molecular weight excluding hydrogens is 424 g/mol. The minimum absolute atomic E-state index is 0.0205. The molecule has 0 spiro atoms. The third-order valence-electron chi connectivity index (χ3n) is 5.93. The van der Waals surface area contributed by atoms with Gasteiger partial charge in [0.2, 0.25) is 0 Å². The van der Waals surface area contributed by atoms with Crippen molar-refractivity contribution in [1.82, 2.24) is 0 Å². The maximum absolute atomic E-state index is 13.2. The lowest BCUT2D eigenvalue weighted by Crippen LogP contribution is -2.20. The maximum atomic E-state index is 13.2. The number of carbonyl (C=O) groups excluding carboxylic acids is 2. The van der Waals surface area contributed by atoms with Gasteiger partial charge in [0.15, 0.2) is 5.78 Å². The molecule has 0 saturated heterocycles. The third-order valence-corrected chi connectivity index (χ3v) is 5.93. The van der Waals surface area contributed by atoms with E-state index in [1.54, 1.807) is 13.8 Å². The van der Waals surface area contributed by atoms with Gasteiger partial charge in [0.25, 0.3) is 0 Å². The Labute approximate surface area is 200 Å². The topological polar surface area (TPSA) is 52.6 Å². The van der Waals surface area contributed by atoms with E-state index in [1.165, 1.54) is 0 Å². The average Bonchev–Trinajstić information content (AvgIpc) is 2.84. The van der Waals surface area contributed by atoms with Crippen molar-refractivity contribution in [3.63, 3.8) is 0 Å². The number of aryl methyl sites for hydroxylation is 1. The first-order valence-electron chi connectivity index (χ1n) is 11.4. The number of hydrogen-bond acceptors (Lipinski definition) is 4. The highest BCUT2D eigenvalue weighted by Gasteiger charge is 2.31. The summed E-state index contributed by atoms with van der Waals surface area (Å²) >= 11 is 0. The summed E-state index contributed by atoms with van der Waals surface area (Å²) in [5, 5.41) is 0. The molecule has 0 bridgehead atoms. The number of ketones is 1. The van der Waals surface area contributed by atoms with Gasteiger partial charge in [-0.25, -0.2) is 4.79 Å². The van der Waals surface area contributed by atoms with Crippen molar-refractivity contribution in [2.24, 2.45) is 0 Å². The van der Waals surface area contributed by atoms with Gasteiger partial charge in [0.05, 0.1) is 5.57 Å². The van der Waals surface area contributed by atoms with E-state index in [1.807, 2.05) is 91.9 Å². The van der Waals surface area contributed by atoms with Crippen LogP contribution in [0.15, 0.2) is 102 Å². The molecule has 1 unspecified atom stereocenters. The Morgan fingerprint density at radius 2 is 1.59 bits per heavy atom. The van der Waals surface area contributed by atoms with Crippen LogP contribution in [0.2, 0.25) is 0 Å². The fourth-order valence-electron chi connectivity index (χ4n) is 4.22. The number of carbonyl (C=O) groups is 2. The van der Waals surface area contributed by atoms with Gasteiger partial charge in [0, 0.05) is 17.9 Å². The lowest BCUT2D eigenvalue weighted by Gasteiger charge is -2.26. The number of hydrogen-bond donors (Lipinski definition) is 0. The summed E-state index contributed by atoms with van der Waals surface area (Å²) in [4.78, 5) is 25.4. The van der Waals surface area contributed by atoms with Gasteiger partial charge in [-0.2, -0.15) is 0 Å². The largest absolute Gasteiger partial charge is 0.466 e. The SMILES string of the molecule is CC(=O)c1cc(C)ccc1CC1=CC(c2ccccc2)C(C(=O)OCc2ccccc2)=C(C)O1. The zero-order valence-corrected chi connectivity index (χ0v) is 19.7. The summed E-state index contributed by atoms with van der Waals surface area (Å²) in [7, 11) is 0. The molecule has 4 heteroatoms. The van der Waals surface area contributed by atoms with Crippen LogP contribution in [0.3, 0.4) is 0 Å². The first-order valence-corrected chi connectivity index (χ1v) is 11.4. The highest BCUT2D eigenvalue weighted by atomic mass is 16.5. The Hall–Kier alpha value is -3.92. The zero-order valence-electron chi connectivity index (χ0n) is 19.7. The summed E-state index contributed by atoms with van der Waals surface area (Å²) in [5.41, 5.74) is 5.02. The van der Waals surface area contributed by atoms with Gasteiger partial charge in [-0.3, -0.25) is 4.79 Å². The van der Waals surface area contributed by atoms with E-state index >= 15 is 0 Å². The monoisotopic (exact) mass is 452 g/mol. The average molecular weight is 453 g/mol. The van der Waals surface area contributed by atoms with E-state index in [4.69, 9.17) is 9.47 Å². The lowest BCUT2D eigenvalue weighted by molar-refractivity contribution is -0.140. The molecule has 4 rings (SSSR count). The van der Waals surface area contributed by atoms with Crippen LogP contribution in [0.5, 0.6) is 0 Å². The lowest BCUT2D eigenvalue weighted by atomic mass is 9.87. The first-order chi connectivity index (χ1) is 16.4. The van der Waals surface area contributed by atoms with E-state index in [0.717, 1.165) is 22.3 Å². The van der Waals surface area contributed by atoms with E-state index < -0.39 is 5.97 Å². The molecule has 0 saturated carbocycles. The van der Waals surface area contributed by atoms with Crippen molar-refractivity contribution >= 4 is 11.8 Å². The quantitative estimate of drug-likeness (QED) is 0.305. The zero-order chi connectivity index (χ0) is 24.1. The van der Waals surface area contributed by atoms with Gasteiger partial charge in [-0.1, -0.05) is 78.4 Å². The molecular formula is C30H28O4.